The molecular formula is C19H29N5. The van der Waals surface area contributed by atoms with Crippen LogP contribution < -0.4 is 0 Å². The number of nitrogens with zero attached hydrogens (tertiary/aromatic N) is 5. The zero-order valence-electron chi connectivity index (χ0n) is 15.1. The zero-order valence-corrected chi connectivity index (χ0v) is 15.1. The molecule has 0 aliphatic rings. The van der Waals surface area contributed by atoms with Crippen molar-refractivity contribution in [3.8, 4) is 0 Å². The molecule has 0 N–H and O–H groups in total. The van der Waals surface area contributed by atoms with Crippen molar-refractivity contribution >= 4 is 0 Å². The fraction of sp³-hybridized carbons (Fsp3) is 0.474. The lowest BCUT2D eigenvalue weighted by atomic mass is 10.3. The third kappa shape index (κ3) is 7.17. The smallest absolute Gasteiger partial charge is 0.0544 e. The molecule has 5 heteroatoms. The van der Waals surface area contributed by atoms with Crippen molar-refractivity contribution in [2.75, 3.05) is 47.3 Å². The van der Waals surface area contributed by atoms with Gasteiger partial charge in [-0.3, -0.25) is 14.9 Å². The molecule has 2 heterocycles. The molecule has 2 aromatic rings. The Labute approximate surface area is 145 Å². The first kappa shape index (κ1) is 18.5. The predicted molar refractivity (Wildman–Crippen MR) is 98.6 cm³/mol. The molecule has 24 heavy (non-hydrogen) atoms. The standard InChI is InChI=1S/C19H29N5/c1-22(2)12-13-23(3)14-15-24(16-18-8-4-6-10-20-18)17-19-9-5-7-11-21-19/h4-11H,12-17H2,1-3H3. The highest BCUT2D eigenvalue weighted by Crippen LogP contribution is 2.06. The number of likely N-dealkylation sites (N-methyl/N-ethyl adjacent to an activating group) is 2. The number of pyridine rings is 2. The highest BCUT2D eigenvalue weighted by Gasteiger charge is 2.10. The molecule has 0 spiro atoms. The van der Waals surface area contributed by atoms with E-state index in [0.29, 0.717) is 0 Å². The second-order valence-corrected chi connectivity index (χ2v) is 6.46. The lowest BCUT2D eigenvalue weighted by Gasteiger charge is -2.25. The van der Waals surface area contributed by atoms with Crippen molar-refractivity contribution in [2.45, 2.75) is 13.1 Å². The number of rotatable bonds is 10. The van der Waals surface area contributed by atoms with Gasteiger partial charge in [0.05, 0.1) is 11.4 Å². The Morgan fingerprint density at radius 1 is 0.708 bits per heavy atom. The summed E-state index contributed by atoms with van der Waals surface area (Å²) in [5.74, 6) is 0. The molecule has 0 amide bonds. The summed E-state index contributed by atoms with van der Waals surface area (Å²) in [5.41, 5.74) is 2.20. The largest absolute Gasteiger partial charge is 0.308 e. The van der Waals surface area contributed by atoms with Gasteiger partial charge in [0.25, 0.3) is 0 Å². The normalized spacial score (nSPS) is 11.6. The second kappa shape index (κ2) is 10.1. The van der Waals surface area contributed by atoms with Crippen molar-refractivity contribution < 1.29 is 0 Å². The quantitative estimate of drug-likeness (QED) is 0.667. The summed E-state index contributed by atoms with van der Waals surface area (Å²) in [6.45, 7) is 5.88. The lowest BCUT2D eigenvalue weighted by molar-refractivity contribution is 0.200. The van der Waals surface area contributed by atoms with Crippen molar-refractivity contribution in [2.24, 2.45) is 0 Å². The van der Waals surface area contributed by atoms with E-state index < -0.39 is 0 Å². The second-order valence-electron chi connectivity index (χ2n) is 6.46. The summed E-state index contributed by atoms with van der Waals surface area (Å²) in [5, 5.41) is 0. The van der Waals surface area contributed by atoms with Crippen LogP contribution in [0.2, 0.25) is 0 Å². The fourth-order valence-electron chi connectivity index (χ4n) is 2.45. The summed E-state index contributed by atoms with van der Waals surface area (Å²) in [4.78, 5) is 15.9. The third-order valence-electron chi connectivity index (χ3n) is 3.95. The molecule has 0 bridgehead atoms. The fourth-order valence-corrected chi connectivity index (χ4v) is 2.45. The molecule has 0 aliphatic carbocycles. The molecule has 130 valence electrons. The van der Waals surface area contributed by atoms with Crippen LogP contribution in [0.1, 0.15) is 11.4 Å². The maximum Gasteiger partial charge on any atom is 0.0544 e. The Balaban J connectivity index is 1.92. The van der Waals surface area contributed by atoms with E-state index in [1.807, 2.05) is 36.7 Å². The molecular weight excluding hydrogens is 298 g/mol. The van der Waals surface area contributed by atoms with Gasteiger partial charge in [0.15, 0.2) is 0 Å². The maximum absolute atomic E-state index is 4.46. The zero-order chi connectivity index (χ0) is 17.2. The van der Waals surface area contributed by atoms with Gasteiger partial charge in [-0.15, -0.1) is 0 Å². The van der Waals surface area contributed by atoms with Gasteiger partial charge in [-0.2, -0.15) is 0 Å². The summed E-state index contributed by atoms with van der Waals surface area (Å²) < 4.78 is 0. The van der Waals surface area contributed by atoms with E-state index in [9.17, 15) is 0 Å². The van der Waals surface area contributed by atoms with Crippen LogP contribution in [0, 0.1) is 0 Å². The molecule has 0 aromatic carbocycles. The van der Waals surface area contributed by atoms with Crippen LogP contribution in [0.3, 0.4) is 0 Å². The van der Waals surface area contributed by atoms with E-state index in [0.717, 1.165) is 50.7 Å². The van der Waals surface area contributed by atoms with Crippen LogP contribution in [0.15, 0.2) is 48.8 Å². The highest BCUT2D eigenvalue weighted by molar-refractivity contribution is 5.06. The Hall–Kier alpha value is -1.82. The summed E-state index contributed by atoms with van der Waals surface area (Å²) in [7, 11) is 6.41. The molecule has 0 saturated carbocycles. The lowest BCUT2D eigenvalue weighted by Crippen LogP contribution is -2.36. The van der Waals surface area contributed by atoms with E-state index in [4.69, 9.17) is 0 Å². The average Bonchev–Trinajstić information content (AvgIpc) is 2.59. The molecule has 2 rings (SSSR count). The summed E-state index contributed by atoms with van der Waals surface area (Å²) in [6, 6.07) is 12.2. The van der Waals surface area contributed by atoms with Crippen molar-refractivity contribution in [3.05, 3.63) is 60.2 Å². The van der Waals surface area contributed by atoms with Crippen molar-refractivity contribution in [1.29, 1.82) is 0 Å². The Kier molecular flexibility index (Phi) is 7.82. The molecule has 0 fully saturated rings. The van der Waals surface area contributed by atoms with Gasteiger partial charge < -0.3 is 9.80 Å². The minimum Gasteiger partial charge on any atom is -0.308 e. The van der Waals surface area contributed by atoms with Crippen LogP contribution in [-0.2, 0) is 13.1 Å². The Bertz CT molecular complexity index is 517. The van der Waals surface area contributed by atoms with Gasteiger partial charge in [-0.1, -0.05) is 12.1 Å². The molecule has 0 radical (unpaired) electrons. The maximum atomic E-state index is 4.46. The highest BCUT2D eigenvalue weighted by atomic mass is 15.2. The number of hydrogen-bond acceptors (Lipinski definition) is 5. The Morgan fingerprint density at radius 3 is 1.71 bits per heavy atom. The molecule has 0 saturated heterocycles. The Morgan fingerprint density at radius 2 is 1.25 bits per heavy atom. The van der Waals surface area contributed by atoms with E-state index in [1.54, 1.807) is 0 Å². The van der Waals surface area contributed by atoms with Gasteiger partial charge >= 0.3 is 0 Å². The van der Waals surface area contributed by atoms with E-state index >= 15 is 0 Å². The predicted octanol–water partition coefficient (Wildman–Crippen LogP) is 1.97. The summed E-state index contributed by atoms with van der Waals surface area (Å²) in [6.07, 6.45) is 3.72. The van der Waals surface area contributed by atoms with Gasteiger partial charge in [0.2, 0.25) is 0 Å². The van der Waals surface area contributed by atoms with E-state index in [-0.39, 0.29) is 0 Å². The molecule has 0 atom stereocenters. The first-order valence-electron chi connectivity index (χ1n) is 8.49. The molecule has 0 aliphatic heterocycles. The number of hydrogen-bond donors (Lipinski definition) is 0. The van der Waals surface area contributed by atoms with Crippen molar-refractivity contribution in [1.82, 2.24) is 24.7 Å². The topological polar surface area (TPSA) is 35.5 Å². The monoisotopic (exact) mass is 327 g/mol. The van der Waals surface area contributed by atoms with E-state index in [2.05, 4.69) is 57.9 Å². The van der Waals surface area contributed by atoms with Crippen LogP contribution >= 0.6 is 0 Å². The van der Waals surface area contributed by atoms with Crippen LogP contribution in [-0.4, -0.2) is 72.0 Å². The first-order chi connectivity index (χ1) is 11.6. The average molecular weight is 327 g/mol. The van der Waals surface area contributed by atoms with Crippen LogP contribution in [0.4, 0.5) is 0 Å². The van der Waals surface area contributed by atoms with Crippen LogP contribution in [0.5, 0.6) is 0 Å². The van der Waals surface area contributed by atoms with Gasteiger partial charge in [-0.05, 0) is 45.4 Å². The van der Waals surface area contributed by atoms with Gasteiger partial charge in [0.1, 0.15) is 0 Å². The van der Waals surface area contributed by atoms with Crippen LogP contribution in [0.25, 0.3) is 0 Å². The molecule has 0 unspecified atom stereocenters. The molecule has 2 aromatic heterocycles. The molecule has 5 nitrogen and oxygen atoms in total. The first-order valence-corrected chi connectivity index (χ1v) is 8.49. The SMILES string of the molecule is CN(C)CCN(C)CCN(Cc1ccccn1)Cc1ccccn1. The van der Waals surface area contributed by atoms with Gasteiger partial charge in [-0.25, -0.2) is 0 Å². The minimum atomic E-state index is 0.846. The third-order valence-corrected chi connectivity index (χ3v) is 3.95. The minimum absolute atomic E-state index is 0.846. The van der Waals surface area contributed by atoms with Crippen molar-refractivity contribution in [3.63, 3.8) is 0 Å². The number of aromatic nitrogens is 2. The van der Waals surface area contributed by atoms with Gasteiger partial charge in [0, 0.05) is 51.7 Å². The summed E-state index contributed by atoms with van der Waals surface area (Å²) >= 11 is 0. The van der Waals surface area contributed by atoms with E-state index in [1.165, 1.54) is 0 Å².